The zero-order valence-electron chi connectivity index (χ0n) is 8.48. The van der Waals surface area contributed by atoms with Gasteiger partial charge in [-0.15, -0.1) is 0 Å². The van der Waals surface area contributed by atoms with Crippen molar-refractivity contribution in [1.29, 1.82) is 0 Å². The van der Waals surface area contributed by atoms with E-state index in [1.165, 1.54) is 4.90 Å². The summed E-state index contributed by atoms with van der Waals surface area (Å²) in [7, 11) is 0. The van der Waals surface area contributed by atoms with Gasteiger partial charge in [-0.1, -0.05) is 0 Å². The molecule has 2 rings (SSSR count). The topological polar surface area (TPSA) is 72.9 Å². The number of nitrogens with zero attached hydrogens (tertiary/aromatic N) is 2. The predicted molar refractivity (Wildman–Crippen MR) is 52.1 cm³/mol. The summed E-state index contributed by atoms with van der Waals surface area (Å²) in [4.78, 5) is 25.7. The van der Waals surface area contributed by atoms with Crippen LogP contribution in [0.15, 0.2) is 0 Å². The Kier molecular flexibility index (Phi) is 2.88. The lowest BCUT2D eigenvalue weighted by molar-refractivity contribution is -0.125. The van der Waals surface area contributed by atoms with E-state index in [4.69, 9.17) is 5.11 Å². The fourth-order valence-electron chi connectivity index (χ4n) is 1.90. The quantitative estimate of drug-likeness (QED) is 0.555. The zero-order valence-corrected chi connectivity index (χ0v) is 8.48. The van der Waals surface area contributed by atoms with Crippen molar-refractivity contribution in [1.82, 2.24) is 15.1 Å². The molecule has 2 aliphatic heterocycles. The van der Waals surface area contributed by atoms with Gasteiger partial charge >= 0.3 is 6.03 Å². The Labute approximate surface area is 87.8 Å². The van der Waals surface area contributed by atoms with Crippen LogP contribution in [-0.4, -0.2) is 66.2 Å². The molecule has 0 aliphatic carbocycles. The first-order chi connectivity index (χ1) is 7.20. The van der Waals surface area contributed by atoms with Gasteiger partial charge in [-0.3, -0.25) is 9.69 Å². The smallest absolute Gasteiger partial charge is 0.324 e. The van der Waals surface area contributed by atoms with Gasteiger partial charge < -0.3 is 15.3 Å². The van der Waals surface area contributed by atoms with E-state index in [2.05, 4.69) is 10.2 Å². The molecule has 15 heavy (non-hydrogen) atoms. The third kappa shape index (κ3) is 2.10. The number of nitrogens with one attached hydrogen (secondary N) is 1. The highest BCUT2D eigenvalue weighted by atomic mass is 16.3. The van der Waals surface area contributed by atoms with Gasteiger partial charge in [-0.05, 0) is 0 Å². The SMILES string of the molecule is O=C1CNC(=O)N1CCN1CC(CO)C1. The number of urea groups is 1. The van der Waals surface area contributed by atoms with Gasteiger partial charge in [-0.25, -0.2) is 4.79 Å². The number of imide groups is 1. The highest BCUT2D eigenvalue weighted by Gasteiger charge is 2.31. The number of aliphatic hydroxyl groups excluding tert-OH is 1. The maximum absolute atomic E-state index is 11.2. The average Bonchev–Trinajstić information content (AvgIpc) is 2.46. The van der Waals surface area contributed by atoms with Crippen LogP contribution in [0.5, 0.6) is 0 Å². The highest BCUT2D eigenvalue weighted by molar-refractivity contribution is 6.01. The summed E-state index contributed by atoms with van der Waals surface area (Å²) >= 11 is 0. The van der Waals surface area contributed by atoms with E-state index >= 15 is 0 Å². The van der Waals surface area contributed by atoms with Crippen LogP contribution in [0.1, 0.15) is 0 Å². The van der Waals surface area contributed by atoms with Crippen molar-refractivity contribution in [3.63, 3.8) is 0 Å². The van der Waals surface area contributed by atoms with Crippen LogP contribution in [0.2, 0.25) is 0 Å². The van der Waals surface area contributed by atoms with Crippen molar-refractivity contribution >= 4 is 11.9 Å². The minimum Gasteiger partial charge on any atom is -0.396 e. The largest absolute Gasteiger partial charge is 0.396 e. The van der Waals surface area contributed by atoms with E-state index in [1.807, 2.05) is 0 Å². The molecule has 0 bridgehead atoms. The first kappa shape index (κ1) is 10.4. The Morgan fingerprint density at radius 1 is 1.33 bits per heavy atom. The van der Waals surface area contributed by atoms with Gasteiger partial charge in [-0.2, -0.15) is 0 Å². The van der Waals surface area contributed by atoms with Gasteiger partial charge in [0.05, 0.1) is 6.54 Å². The molecule has 3 amide bonds. The summed E-state index contributed by atoms with van der Waals surface area (Å²) in [5.41, 5.74) is 0. The Bertz CT molecular complexity index is 260. The molecular formula is C9H15N3O3. The predicted octanol–water partition coefficient (Wildman–Crippen LogP) is -1.54. The van der Waals surface area contributed by atoms with Crippen molar-refractivity contribution in [3.8, 4) is 0 Å². The van der Waals surface area contributed by atoms with Crippen LogP contribution in [-0.2, 0) is 4.79 Å². The Balaban J connectivity index is 1.70. The summed E-state index contributed by atoms with van der Waals surface area (Å²) in [6.07, 6.45) is 0. The first-order valence-corrected chi connectivity index (χ1v) is 5.12. The molecule has 0 spiro atoms. The molecule has 0 saturated carbocycles. The second-order valence-corrected chi connectivity index (χ2v) is 4.01. The minimum absolute atomic E-state index is 0.123. The maximum atomic E-state index is 11.2. The molecule has 2 saturated heterocycles. The van der Waals surface area contributed by atoms with E-state index in [1.54, 1.807) is 0 Å². The van der Waals surface area contributed by atoms with Gasteiger partial charge in [0.2, 0.25) is 5.91 Å². The van der Waals surface area contributed by atoms with E-state index < -0.39 is 0 Å². The molecule has 0 aromatic rings. The van der Waals surface area contributed by atoms with Gasteiger partial charge in [0.15, 0.2) is 0 Å². The van der Waals surface area contributed by atoms with E-state index in [9.17, 15) is 9.59 Å². The van der Waals surface area contributed by atoms with Crippen LogP contribution in [0.4, 0.5) is 4.79 Å². The normalized spacial score (nSPS) is 23.1. The molecule has 0 radical (unpaired) electrons. The monoisotopic (exact) mass is 213 g/mol. The number of hydrogen-bond donors (Lipinski definition) is 2. The fraction of sp³-hybridized carbons (Fsp3) is 0.778. The standard InChI is InChI=1S/C9H15N3O3/c13-6-7-4-11(5-7)1-2-12-8(14)3-10-9(12)15/h7,13H,1-6H2,(H,10,15). The highest BCUT2D eigenvalue weighted by Crippen LogP contribution is 2.14. The lowest BCUT2D eigenvalue weighted by Gasteiger charge is -2.38. The third-order valence-corrected chi connectivity index (χ3v) is 2.87. The Hall–Kier alpha value is -1.14. The van der Waals surface area contributed by atoms with E-state index in [-0.39, 0.29) is 25.1 Å². The van der Waals surface area contributed by atoms with Crippen molar-refractivity contribution in [3.05, 3.63) is 0 Å². The number of rotatable bonds is 4. The summed E-state index contributed by atoms with van der Waals surface area (Å²) in [6.45, 7) is 3.22. The molecule has 6 nitrogen and oxygen atoms in total. The lowest BCUT2D eigenvalue weighted by Crippen LogP contribution is -2.51. The molecule has 2 aliphatic rings. The lowest BCUT2D eigenvalue weighted by atomic mass is 10.0. The van der Waals surface area contributed by atoms with E-state index in [0.29, 0.717) is 19.0 Å². The summed E-state index contributed by atoms with van der Waals surface area (Å²) in [5.74, 6) is 0.215. The van der Waals surface area contributed by atoms with Crippen molar-refractivity contribution in [2.24, 2.45) is 5.92 Å². The van der Waals surface area contributed by atoms with Crippen LogP contribution < -0.4 is 5.32 Å². The summed E-state index contributed by atoms with van der Waals surface area (Å²) < 4.78 is 0. The molecule has 0 unspecified atom stereocenters. The first-order valence-electron chi connectivity index (χ1n) is 5.12. The second kappa shape index (κ2) is 4.16. The van der Waals surface area contributed by atoms with Crippen molar-refractivity contribution in [2.45, 2.75) is 0 Å². The van der Waals surface area contributed by atoms with Gasteiger partial charge in [0, 0.05) is 38.7 Å². The van der Waals surface area contributed by atoms with Crippen molar-refractivity contribution < 1.29 is 14.7 Å². The molecule has 2 fully saturated rings. The molecule has 6 heteroatoms. The molecule has 2 heterocycles. The van der Waals surface area contributed by atoms with Crippen LogP contribution in [0.3, 0.4) is 0 Å². The number of carbonyl (C=O) groups is 2. The van der Waals surface area contributed by atoms with Crippen LogP contribution in [0, 0.1) is 5.92 Å². The maximum Gasteiger partial charge on any atom is 0.324 e. The summed E-state index contributed by atoms with van der Waals surface area (Å²) in [5, 5.41) is 11.3. The third-order valence-electron chi connectivity index (χ3n) is 2.87. The zero-order chi connectivity index (χ0) is 10.8. The molecule has 0 aromatic carbocycles. The summed E-state index contributed by atoms with van der Waals surface area (Å²) in [6, 6.07) is -0.292. The van der Waals surface area contributed by atoms with Gasteiger partial charge in [0.1, 0.15) is 0 Å². The van der Waals surface area contributed by atoms with E-state index in [0.717, 1.165) is 13.1 Å². The number of carbonyl (C=O) groups excluding carboxylic acids is 2. The Morgan fingerprint density at radius 3 is 2.60 bits per heavy atom. The van der Waals surface area contributed by atoms with Gasteiger partial charge in [0.25, 0.3) is 0 Å². The van der Waals surface area contributed by atoms with Crippen molar-refractivity contribution in [2.75, 3.05) is 39.3 Å². The number of aliphatic hydroxyl groups is 1. The number of likely N-dealkylation sites (tertiary alicyclic amines) is 1. The molecule has 2 N–H and O–H groups in total. The average molecular weight is 213 g/mol. The molecule has 0 atom stereocenters. The number of hydrogen-bond acceptors (Lipinski definition) is 4. The van der Waals surface area contributed by atoms with Crippen LogP contribution in [0.25, 0.3) is 0 Å². The van der Waals surface area contributed by atoms with Crippen LogP contribution >= 0.6 is 0 Å². The fourth-order valence-corrected chi connectivity index (χ4v) is 1.90. The second-order valence-electron chi connectivity index (χ2n) is 4.01. The molecule has 0 aromatic heterocycles. The molecular weight excluding hydrogens is 198 g/mol. The molecule has 84 valence electrons. The minimum atomic E-state index is -0.292. The Morgan fingerprint density at radius 2 is 2.07 bits per heavy atom. The number of amides is 3.